The molecule has 2 amide bonds. The summed E-state index contributed by atoms with van der Waals surface area (Å²) in [5, 5.41) is 5.97. The van der Waals surface area contributed by atoms with E-state index in [2.05, 4.69) is 10.6 Å². The highest BCUT2D eigenvalue weighted by Crippen LogP contribution is 2.25. The van der Waals surface area contributed by atoms with E-state index in [1.807, 2.05) is 42.2 Å². The smallest absolute Gasteiger partial charge is 0.242 e. The van der Waals surface area contributed by atoms with Gasteiger partial charge in [0, 0.05) is 11.7 Å². The van der Waals surface area contributed by atoms with E-state index >= 15 is 0 Å². The third kappa shape index (κ3) is 5.33. The second-order valence-corrected chi connectivity index (χ2v) is 6.94. The van der Waals surface area contributed by atoms with Gasteiger partial charge in [-0.15, -0.1) is 0 Å². The van der Waals surface area contributed by atoms with Gasteiger partial charge in [0.1, 0.15) is 11.8 Å². The van der Waals surface area contributed by atoms with E-state index in [1.165, 1.54) is 0 Å². The molecular weight excluding hydrogens is 354 g/mol. The number of amides is 2. The van der Waals surface area contributed by atoms with Crippen LogP contribution in [0.4, 0.5) is 5.69 Å². The van der Waals surface area contributed by atoms with Crippen LogP contribution in [0, 0.1) is 0 Å². The maximum absolute atomic E-state index is 12.9. The number of rotatable bonds is 9. The van der Waals surface area contributed by atoms with Crippen LogP contribution in [-0.4, -0.2) is 43.0 Å². The molecule has 6 heteroatoms. The number of hydrogen-bond donors (Lipinski definition) is 2. The first kappa shape index (κ1) is 19.9. The quantitative estimate of drug-likeness (QED) is 0.701. The van der Waals surface area contributed by atoms with Crippen molar-refractivity contribution in [1.82, 2.24) is 10.2 Å². The summed E-state index contributed by atoms with van der Waals surface area (Å²) in [4.78, 5) is 27.4. The van der Waals surface area contributed by atoms with E-state index in [0.717, 1.165) is 24.2 Å². The van der Waals surface area contributed by atoms with Gasteiger partial charge in [-0.1, -0.05) is 37.3 Å². The van der Waals surface area contributed by atoms with Crippen LogP contribution < -0.4 is 15.4 Å². The lowest BCUT2D eigenvalue weighted by Crippen LogP contribution is -2.44. The van der Waals surface area contributed by atoms with E-state index in [1.54, 1.807) is 31.4 Å². The zero-order chi connectivity index (χ0) is 19.9. The number of anilines is 1. The zero-order valence-corrected chi connectivity index (χ0v) is 16.4. The fourth-order valence-corrected chi connectivity index (χ4v) is 3.12. The van der Waals surface area contributed by atoms with E-state index in [4.69, 9.17) is 4.74 Å². The van der Waals surface area contributed by atoms with Crippen molar-refractivity contribution in [2.45, 2.75) is 31.8 Å². The number of benzene rings is 2. The summed E-state index contributed by atoms with van der Waals surface area (Å²) >= 11 is 0. The topological polar surface area (TPSA) is 70.7 Å². The number of nitrogens with zero attached hydrogens (tertiary/aromatic N) is 1. The van der Waals surface area contributed by atoms with Crippen LogP contribution in [0.2, 0.25) is 0 Å². The highest BCUT2D eigenvalue weighted by Gasteiger charge is 2.32. The lowest BCUT2D eigenvalue weighted by atomic mass is 10.0. The van der Waals surface area contributed by atoms with Gasteiger partial charge in [-0.3, -0.25) is 14.5 Å². The molecule has 0 spiro atoms. The van der Waals surface area contributed by atoms with Crippen LogP contribution in [0.3, 0.4) is 0 Å². The molecule has 0 heterocycles. The summed E-state index contributed by atoms with van der Waals surface area (Å²) in [6.07, 6.45) is 2.05. The second-order valence-electron chi connectivity index (χ2n) is 6.94. The van der Waals surface area contributed by atoms with Gasteiger partial charge in [0.05, 0.1) is 13.7 Å². The monoisotopic (exact) mass is 381 g/mol. The Morgan fingerprint density at radius 3 is 2.36 bits per heavy atom. The normalized spacial score (nSPS) is 14.4. The Kier molecular flexibility index (Phi) is 6.66. The van der Waals surface area contributed by atoms with Crippen molar-refractivity contribution in [3.63, 3.8) is 0 Å². The Hall–Kier alpha value is -2.86. The largest absolute Gasteiger partial charge is 0.497 e. The van der Waals surface area contributed by atoms with Gasteiger partial charge in [0.2, 0.25) is 11.8 Å². The molecule has 0 aromatic heterocycles. The second kappa shape index (κ2) is 9.37. The lowest BCUT2D eigenvalue weighted by Gasteiger charge is -2.29. The summed E-state index contributed by atoms with van der Waals surface area (Å²) in [5.41, 5.74) is 1.58. The summed E-state index contributed by atoms with van der Waals surface area (Å²) in [5.74, 6) is 0.522. The Morgan fingerprint density at radius 1 is 1.11 bits per heavy atom. The molecule has 1 aliphatic rings. The first-order chi connectivity index (χ1) is 13.6. The SMILES string of the molecule is CCN(CC(=O)Nc1ccc(OC)cc1)C(C(=O)NC1CC1)c1ccccc1. The van der Waals surface area contributed by atoms with Gasteiger partial charge in [-0.05, 0) is 49.2 Å². The average molecular weight is 381 g/mol. The minimum absolute atomic E-state index is 0.0483. The molecule has 3 rings (SSSR count). The molecular formula is C22H27N3O3. The number of methoxy groups -OCH3 is 1. The van der Waals surface area contributed by atoms with Crippen molar-refractivity contribution in [2.24, 2.45) is 0 Å². The first-order valence-electron chi connectivity index (χ1n) is 9.64. The van der Waals surface area contributed by atoms with Gasteiger partial charge < -0.3 is 15.4 Å². The van der Waals surface area contributed by atoms with Crippen LogP contribution in [0.25, 0.3) is 0 Å². The van der Waals surface area contributed by atoms with E-state index < -0.39 is 6.04 Å². The molecule has 1 fully saturated rings. The van der Waals surface area contributed by atoms with Gasteiger partial charge in [-0.25, -0.2) is 0 Å². The van der Waals surface area contributed by atoms with Crippen molar-refractivity contribution in [3.8, 4) is 5.75 Å². The minimum atomic E-state index is -0.492. The van der Waals surface area contributed by atoms with Crippen LogP contribution >= 0.6 is 0 Å². The zero-order valence-electron chi connectivity index (χ0n) is 16.4. The van der Waals surface area contributed by atoms with Gasteiger partial charge in [0.25, 0.3) is 0 Å². The van der Waals surface area contributed by atoms with Crippen LogP contribution in [0.1, 0.15) is 31.4 Å². The van der Waals surface area contributed by atoms with Gasteiger partial charge in [-0.2, -0.15) is 0 Å². The van der Waals surface area contributed by atoms with E-state index in [9.17, 15) is 9.59 Å². The standard InChI is InChI=1S/C22H27N3O3/c1-3-25(15-20(26)23-17-11-13-19(28-2)14-12-17)21(16-7-5-4-6-8-16)22(27)24-18-9-10-18/h4-8,11-14,18,21H,3,9-10,15H2,1-2H3,(H,23,26)(H,24,27). The van der Waals surface area contributed by atoms with Gasteiger partial charge in [0.15, 0.2) is 0 Å². The minimum Gasteiger partial charge on any atom is -0.497 e. The average Bonchev–Trinajstić information content (AvgIpc) is 3.52. The van der Waals surface area contributed by atoms with Crippen LogP contribution in [0.5, 0.6) is 5.75 Å². The Bertz CT molecular complexity index is 788. The maximum atomic E-state index is 12.9. The predicted molar refractivity (Wildman–Crippen MR) is 109 cm³/mol. The van der Waals surface area contributed by atoms with E-state index in [0.29, 0.717) is 12.2 Å². The Balaban J connectivity index is 1.71. The summed E-state index contributed by atoms with van der Waals surface area (Å²) in [6, 6.07) is 16.6. The molecule has 0 bridgehead atoms. The number of ether oxygens (including phenoxy) is 1. The number of nitrogens with one attached hydrogen (secondary N) is 2. The Morgan fingerprint density at radius 2 is 1.79 bits per heavy atom. The molecule has 2 N–H and O–H groups in total. The predicted octanol–water partition coefficient (Wildman–Crippen LogP) is 2.98. The number of carbonyl (C=O) groups excluding carboxylic acids is 2. The maximum Gasteiger partial charge on any atom is 0.242 e. The fourth-order valence-electron chi connectivity index (χ4n) is 3.12. The number of carbonyl (C=O) groups is 2. The molecule has 0 radical (unpaired) electrons. The molecule has 2 aromatic rings. The molecule has 1 saturated carbocycles. The highest BCUT2D eigenvalue weighted by molar-refractivity contribution is 5.93. The molecule has 2 aromatic carbocycles. The molecule has 6 nitrogen and oxygen atoms in total. The van der Waals surface area contributed by atoms with Crippen molar-refractivity contribution in [2.75, 3.05) is 25.5 Å². The number of likely N-dealkylation sites (N-methyl/N-ethyl adjacent to an activating group) is 1. The van der Waals surface area contributed by atoms with Crippen molar-refractivity contribution in [1.29, 1.82) is 0 Å². The number of hydrogen-bond acceptors (Lipinski definition) is 4. The van der Waals surface area contributed by atoms with Crippen LogP contribution in [0.15, 0.2) is 54.6 Å². The van der Waals surface area contributed by atoms with Crippen molar-refractivity contribution in [3.05, 3.63) is 60.2 Å². The molecule has 0 saturated heterocycles. The Labute approximate surface area is 165 Å². The summed E-state index contributed by atoms with van der Waals surface area (Å²) in [6.45, 7) is 2.66. The summed E-state index contributed by atoms with van der Waals surface area (Å²) in [7, 11) is 1.60. The highest BCUT2D eigenvalue weighted by atomic mass is 16.5. The molecule has 1 atom stereocenters. The summed E-state index contributed by atoms with van der Waals surface area (Å²) < 4.78 is 5.13. The third-order valence-corrected chi connectivity index (χ3v) is 4.78. The van der Waals surface area contributed by atoms with Gasteiger partial charge >= 0.3 is 0 Å². The molecule has 0 aliphatic heterocycles. The van der Waals surface area contributed by atoms with Crippen molar-refractivity contribution >= 4 is 17.5 Å². The third-order valence-electron chi connectivity index (χ3n) is 4.78. The molecule has 148 valence electrons. The molecule has 1 unspecified atom stereocenters. The molecule has 1 aliphatic carbocycles. The molecule has 28 heavy (non-hydrogen) atoms. The van der Waals surface area contributed by atoms with Crippen molar-refractivity contribution < 1.29 is 14.3 Å². The van der Waals surface area contributed by atoms with E-state index in [-0.39, 0.29) is 24.4 Å². The van der Waals surface area contributed by atoms with Crippen LogP contribution in [-0.2, 0) is 9.59 Å². The first-order valence-corrected chi connectivity index (χ1v) is 9.64. The lowest BCUT2D eigenvalue weighted by molar-refractivity contribution is -0.128. The fraction of sp³-hybridized carbons (Fsp3) is 0.364.